The molecule has 0 saturated carbocycles. The van der Waals surface area contributed by atoms with E-state index >= 15 is 0 Å². The summed E-state index contributed by atoms with van der Waals surface area (Å²) in [5, 5.41) is 13.8. The standard InChI is InChI=1S/C24H25N7O3S/c32-22(14-25-20-10-4-5-11-21(20)35(33,34)18-8-2-1-3-9-18)29-17-7-6-12-31(15-17)24-19-13-28-30-23(19)26-16-27-24/h1-5,8-11,13,16-17,25H,6-7,12,14-15H2,(H,29,32)(H,26,27,28,30)/t17-/m1/s1. The fourth-order valence-corrected chi connectivity index (χ4v) is 5.78. The van der Waals surface area contributed by atoms with E-state index in [9.17, 15) is 13.2 Å². The number of piperidine rings is 1. The topological polar surface area (TPSA) is 133 Å². The first kappa shape index (κ1) is 22.8. The van der Waals surface area contributed by atoms with Gasteiger partial charge in [0.1, 0.15) is 12.1 Å². The lowest BCUT2D eigenvalue weighted by atomic mass is 10.1. The number of H-pyrrole nitrogens is 1. The molecule has 180 valence electrons. The number of carbonyl (C=O) groups excluding carboxylic acids is 1. The maximum atomic E-state index is 13.1. The molecule has 0 aliphatic carbocycles. The molecule has 4 aromatic rings. The summed E-state index contributed by atoms with van der Waals surface area (Å²) in [5.41, 5.74) is 1.06. The van der Waals surface area contributed by atoms with Crippen molar-refractivity contribution in [3.63, 3.8) is 0 Å². The summed E-state index contributed by atoms with van der Waals surface area (Å²) in [4.78, 5) is 23.8. The van der Waals surface area contributed by atoms with Crippen LogP contribution in [0.15, 0.2) is 76.9 Å². The van der Waals surface area contributed by atoms with Crippen molar-refractivity contribution in [2.24, 2.45) is 0 Å². The summed E-state index contributed by atoms with van der Waals surface area (Å²) in [6, 6.07) is 14.8. The Morgan fingerprint density at radius 1 is 1.09 bits per heavy atom. The molecule has 2 aromatic heterocycles. The Morgan fingerprint density at radius 2 is 1.89 bits per heavy atom. The zero-order chi connectivity index (χ0) is 24.3. The third kappa shape index (κ3) is 4.80. The highest BCUT2D eigenvalue weighted by Gasteiger charge is 2.25. The van der Waals surface area contributed by atoms with E-state index in [-0.39, 0.29) is 28.3 Å². The van der Waals surface area contributed by atoms with Crippen molar-refractivity contribution in [1.82, 2.24) is 25.5 Å². The molecule has 1 atom stereocenters. The number of sulfone groups is 1. The van der Waals surface area contributed by atoms with Crippen molar-refractivity contribution < 1.29 is 13.2 Å². The molecule has 1 saturated heterocycles. The smallest absolute Gasteiger partial charge is 0.239 e. The lowest BCUT2D eigenvalue weighted by Crippen LogP contribution is -2.49. The molecule has 35 heavy (non-hydrogen) atoms. The SMILES string of the molecule is O=C(CNc1ccccc1S(=O)(=O)c1ccccc1)N[C@@H]1CCCN(c2ncnc3[nH]ncc23)C1. The highest BCUT2D eigenvalue weighted by atomic mass is 32.2. The van der Waals surface area contributed by atoms with Gasteiger partial charge in [0.2, 0.25) is 15.7 Å². The second kappa shape index (κ2) is 9.71. The number of amides is 1. The van der Waals surface area contributed by atoms with Gasteiger partial charge in [-0.15, -0.1) is 0 Å². The normalized spacial score (nSPS) is 16.2. The molecule has 1 fully saturated rings. The van der Waals surface area contributed by atoms with Crippen LogP contribution >= 0.6 is 0 Å². The zero-order valence-corrected chi connectivity index (χ0v) is 19.7. The largest absolute Gasteiger partial charge is 0.375 e. The van der Waals surface area contributed by atoms with Crippen LogP contribution in [-0.4, -0.2) is 60.2 Å². The summed E-state index contributed by atoms with van der Waals surface area (Å²) < 4.78 is 26.2. The van der Waals surface area contributed by atoms with E-state index in [0.717, 1.165) is 30.6 Å². The summed E-state index contributed by atoms with van der Waals surface area (Å²) in [6.07, 6.45) is 4.96. The van der Waals surface area contributed by atoms with E-state index in [0.29, 0.717) is 17.9 Å². The first-order chi connectivity index (χ1) is 17.0. The number of para-hydroxylation sites is 1. The maximum absolute atomic E-state index is 13.1. The van der Waals surface area contributed by atoms with Gasteiger partial charge in [-0.2, -0.15) is 5.10 Å². The van der Waals surface area contributed by atoms with Gasteiger partial charge in [-0.1, -0.05) is 30.3 Å². The van der Waals surface area contributed by atoms with Crippen molar-refractivity contribution in [3.8, 4) is 0 Å². The first-order valence-electron chi connectivity index (χ1n) is 11.3. The number of carbonyl (C=O) groups is 1. The lowest BCUT2D eigenvalue weighted by Gasteiger charge is -2.34. The number of aromatic nitrogens is 4. The van der Waals surface area contributed by atoms with E-state index < -0.39 is 9.84 Å². The molecule has 1 aliphatic heterocycles. The number of fused-ring (bicyclic) bond motifs is 1. The number of aromatic amines is 1. The van der Waals surface area contributed by atoms with Crippen LogP contribution in [0, 0.1) is 0 Å². The molecule has 0 bridgehead atoms. The second-order valence-electron chi connectivity index (χ2n) is 8.35. The van der Waals surface area contributed by atoms with E-state index in [1.165, 1.54) is 6.33 Å². The molecule has 10 nitrogen and oxygen atoms in total. The van der Waals surface area contributed by atoms with Crippen LogP contribution in [0.5, 0.6) is 0 Å². The molecular formula is C24H25N7O3S. The molecular weight excluding hydrogens is 466 g/mol. The van der Waals surface area contributed by atoms with Crippen LogP contribution in [0.2, 0.25) is 0 Å². The Hall–Kier alpha value is -3.99. The number of anilines is 2. The minimum absolute atomic E-state index is 0.0443. The predicted octanol–water partition coefficient (Wildman–Crippen LogP) is 2.38. The molecule has 0 spiro atoms. The Balaban J connectivity index is 1.24. The van der Waals surface area contributed by atoms with Crippen LogP contribution in [-0.2, 0) is 14.6 Å². The number of hydrogen-bond donors (Lipinski definition) is 3. The summed E-state index contributed by atoms with van der Waals surface area (Å²) in [6.45, 7) is 1.39. The average molecular weight is 492 g/mol. The molecule has 1 amide bonds. The highest BCUT2D eigenvalue weighted by molar-refractivity contribution is 7.91. The van der Waals surface area contributed by atoms with Crippen LogP contribution in [0.25, 0.3) is 11.0 Å². The van der Waals surface area contributed by atoms with Gasteiger partial charge in [0.05, 0.1) is 33.6 Å². The molecule has 3 heterocycles. The van der Waals surface area contributed by atoms with Gasteiger partial charge in [-0.25, -0.2) is 18.4 Å². The van der Waals surface area contributed by atoms with Gasteiger partial charge < -0.3 is 15.5 Å². The van der Waals surface area contributed by atoms with Crippen molar-refractivity contribution in [2.45, 2.75) is 28.7 Å². The van der Waals surface area contributed by atoms with Crippen LogP contribution in [0.1, 0.15) is 12.8 Å². The lowest BCUT2D eigenvalue weighted by molar-refractivity contribution is -0.120. The fraction of sp³-hybridized carbons (Fsp3) is 0.250. The minimum Gasteiger partial charge on any atom is -0.375 e. The van der Waals surface area contributed by atoms with E-state index in [2.05, 4.69) is 35.7 Å². The van der Waals surface area contributed by atoms with E-state index in [4.69, 9.17) is 0 Å². The molecule has 3 N–H and O–H groups in total. The zero-order valence-electron chi connectivity index (χ0n) is 18.9. The van der Waals surface area contributed by atoms with Crippen molar-refractivity contribution in [1.29, 1.82) is 0 Å². The average Bonchev–Trinajstić information content (AvgIpc) is 3.37. The van der Waals surface area contributed by atoms with Crippen molar-refractivity contribution in [3.05, 3.63) is 67.1 Å². The number of hydrogen-bond acceptors (Lipinski definition) is 8. The van der Waals surface area contributed by atoms with Gasteiger partial charge in [-0.3, -0.25) is 9.89 Å². The Kier molecular flexibility index (Phi) is 6.32. The number of rotatable bonds is 7. The van der Waals surface area contributed by atoms with Crippen molar-refractivity contribution >= 4 is 38.3 Å². The Morgan fingerprint density at radius 3 is 2.74 bits per heavy atom. The highest BCUT2D eigenvalue weighted by Crippen LogP contribution is 2.27. The van der Waals surface area contributed by atoms with Gasteiger partial charge >= 0.3 is 0 Å². The maximum Gasteiger partial charge on any atom is 0.239 e. The Bertz CT molecular complexity index is 1440. The first-order valence-corrected chi connectivity index (χ1v) is 12.8. The van der Waals surface area contributed by atoms with Gasteiger partial charge in [0.25, 0.3) is 0 Å². The summed E-state index contributed by atoms with van der Waals surface area (Å²) in [7, 11) is -3.72. The molecule has 1 aliphatic rings. The molecule has 2 aromatic carbocycles. The van der Waals surface area contributed by atoms with Crippen LogP contribution < -0.4 is 15.5 Å². The molecule has 0 radical (unpaired) electrons. The third-order valence-corrected chi connectivity index (χ3v) is 7.81. The second-order valence-corrected chi connectivity index (χ2v) is 10.3. The summed E-state index contributed by atoms with van der Waals surface area (Å²) in [5.74, 6) is 0.584. The van der Waals surface area contributed by atoms with E-state index in [1.54, 1.807) is 60.8 Å². The fourth-order valence-electron chi connectivity index (χ4n) is 4.32. The Labute approximate surface area is 202 Å². The quantitative estimate of drug-likeness (QED) is 0.359. The predicted molar refractivity (Wildman–Crippen MR) is 132 cm³/mol. The van der Waals surface area contributed by atoms with Gasteiger partial charge in [-0.05, 0) is 37.1 Å². The van der Waals surface area contributed by atoms with Crippen LogP contribution in [0.3, 0.4) is 0 Å². The summed E-state index contributed by atoms with van der Waals surface area (Å²) >= 11 is 0. The van der Waals surface area contributed by atoms with Gasteiger partial charge in [0.15, 0.2) is 5.65 Å². The van der Waals surface area contributed by atoms with Crippen molar-refractivity contribution in [2.75, 3.05) is 29.9 Å². The molecule has 0 unspecified atom stereocenters. The monoisotopic (exact) mass is 491 g/mol. The third-order valence-electron chi connectivity index (χ3n) is 5.98. The van der Waals surface area contributed by atoms with Gasteiger partial charge in [0, 0.05) is 19.1 Å². The number of nitrogens with zero attached hydrogens (tertiary/aromatic N) is 4. The number of nitrogens with one attached hydrogen (secondary N) is 3. The van der Waals surface area contributed by atoms with E-state index in [1.807, 2.05) is 0 Å². The number of benzene rings is 2. The minimum atomic E-state index is -3.72. The molecule has 11 heteroatoms. The molecule has 5 rings (SSSR count). The van der Waals surface area contributed by atoms with Crippen LogP contribution in [0.4, 0.5) is 11.5 Å².